The Kier molecular flexibility index (Phi) is 3.88. The third-order valence-electron chi connectivity index (χ3n) is 2.29. The van der Waals surface area contributed by atoms with E-state index in [0.29, 0.717) is 0 Å². The topological polar surface area (TPSA) is 67.4 Å². The number of carbonyl (C=O) groups is 2. The van der Waals surface area contributed by atoms with Crippen molar-refractivity contribution in [1.82, 2.24) is 10.6 Å². The Morgan fingerprint density at radius 1 is 1.57 bits per heavy atom. The van der Waals surface area contributed by atoms with Crippen LogP contribution in [0.15, 0.2) is 0 Å². The van der Waals surface area contributed by atoms with Crippen molar-refractivity contribution in [1.29, 1.82) is 0 Å². The van der Waals surface area contributed by atoms with Crippen molar-refractivity contribution >= 4 is 11.9 Å². The second kappa shape index (κ2) is 4.95. The van der Waals surface area contributed by atoms with Crippen LogP contribution in [-0.4, -0.2) is 37.6 Å². The zero-order valence-electron chi connectivity index (χ0n) is 8.50. The Balaban J connectivity index is 2.35. The normalized spacial score (nSPS) is 22.9. The van der Waals surface area contributed by atoms with Crippen LogP contribution in [0.2, 0.25) is 0 Å². The van der Waals surface area contributed by atoms with E-state index in [1.165, 1.54) is 7.11 Å². The Labute approximate surface area is 83.2 Å². The van der Waals surface area contributed by atoms with Gasteiger partial charge in [0.05, 0.1) is 13.2 Å². The second-order valence-electron chi connectivity index (χ2n) is 3.40. The van der Waals surface area contributed by atoms with Crippen molar-refractivity contribution in [3.63, 3.8) is 0 Å². The number of hydrogen-bond donors (Lipinski definition) is 2. The van der Waals surface area contributed by atoms with Gasteiger partial charge in [-0.15, -0.1) is 0 Å². The summed E-state index contributed by atoms with van der Waals surface area (Å²) in [6.45, 7) is 2.48. The Hall–Kier alpha value is -1.10. The van der Waals surface area contributed by atoms with Gasteiger partial charge in [-0.3, -0.25) is 4.79 Å². The maximum atomic E-state index is 11.5. The summed E-state index contributed by atoms with van der Waals surface area (Å²) in [6.07, 6.45) is 1.84. The fourth-order valence-corrected chi connectivity index (χ4v) is 1.46. The number of hydrogen-bond acceptors (Lipinski definition) is 4. The molecule has 0 aromatic rings. The van der Waals surface area contributed by atoms with Crippen LogP contribution in [0.5, 0.6) is 0 Å². The van der Waals surface area contributed by atoms with E-state index in [0.717, 1.165) is 19.4 Å². The predicted octanol–water partition coefficient (Wildman–Crippen LogP) is -0.584. The van der Waals surface area contributed by atoms with Crippen molar-refractivity contribution in [2.24, 2.45) is 0 Å². The quantitative estimate of drug-likeness (QED) is 0.598. The Morgan fingerprint density at radius 3 is 2.79 bits per heavy atom. The summed E-state index contributed by atoms with van der Waals surface area (Å²) in [5.41, 5.74) is 0. The minimum Gasteiger partial charge on any atom is -0.467 e. The molecule has 0 aromatic carbocycles. The van der Waals surface area contributed by atoms with E-state index in [1.807, 2.05) is 0 Å². The molecule has 1 fully saturated rings. The first-order chi connectivity index (χ1) is 6.65. The summed E-state index contributed by atoms with van der Waals surface area (Å²) in [4.78, 5) is 22.5. The van der Waals surface area contributed by atoms with E-state index in [4.69, 9.17) is 0 Å². The van der Waals surface area contributed by atoms with E-state index in [9.17, 15) is 9.59 Å². The number of rotatable bonds is 3. The number of nitrogens with one attached hydrogen (secondary N) is 2. The van der Waals surface area contributed by atoms with E-state index >= 15 is 0 Å². The minimum absolute atomic E-state index is 0.125. The first kappa shape index (κ1) is 11.0. The summed E-state index contributed by atoms with van der Waals surface area (Å²) in [7, 11) is 1.30. The fraction of sp³-hybridized carbons (Fsp3) is 0.778. The molecule has 14 heavy (non-hydrogen) atoms. The number of ether oxygens (including phenoxy) is 1. The second-order valence-corrected chi connectivity index (χ2v) is 3.40. The predicted molar refractivity (Wildman–Crippen MR) is 50.6 cm³/mol. The standard InChI is InChI=1S/C9H16N2O3/c1-6(9(13)14-2)11-8(12)7-4-3-5-10-7/h6-7,10H,3-5H2,1-2H3,(H,11,12)/t6-,7?/m1/s1. The summed E-state index contributed by atoms with van der Waals surface area (Å²) in [5, 5.41) is 5.65. The van der Waals surface area contributed by atoms with Gasteiger partial charge in [0.25, 0.3) is 0 Å². The lowest BCUT2D eigenvalue weighted by molar-refractivity contribution is -0.144. The maximum absolute atomic E-state index is 11.5. The molecule has 0 bridgehead atoms. The molecule has 1 rings (SSSR count). The van der Waals surface area contributed by atoms with Gasteiger partial charge >= 0.3 is 5.97 Å². The summed E-state index contributed by atoms with van der Waals surface area (Å²) < 4.78 is 4.50. The molecule has 0 aromatic heterocycles. The summed E-state index contributed by atoms with van der Waals surface area (Å²) >= 11 is 0. The molecule has 1 heterocycles. The molecule has 0 spiro atoms. The van der Waals surface area contributed by atoms with Gasteiger partial charge in [0.15, 0.2) is 0 Å². The van der Waals surface area contributed by atoms with Crippen LogP contribution in [-0.2, 0) is 14.3 Å². The molecule has 0 radical (unpaired) electrons. The molecule has 2 atom stereocenters. The van der Waals surface area contributed by atoms with Crippen molar-refractivity contribution < 1.29 is 14.3 Å². The SMILES string of the molecule is COC(=O)[C@@H](C)NC(=O)C1CCCN1. The molecule has 0 saturated carbocycles. The van der Waals surface area contributed by atoms with Crippen molar-refractivity contribution in [2.45, 2.75) is 31.8 Å². The van der Waals surface area contributed by atoms with Gasteiger partial charge in [-0.2, -0.15) is 0 Å². The van der Waals surface area contributed by atoms with Crippen LogP contribution in [0.25, 0.3) is 0 Å². The molecule has 5 nitrogen and oxygen atoms in total. The molecule has 1 unspecified atom stereocenters. The lowest BCUT2D eigenvalue weighted by Crippen LogP contribution is -2.47. The van der Waals surface area contributed by atoms with Crippen molar-refractivity contribution in [3.05, 3.63) is 0 Å². The largest absolute Gasteiger partial charge is 0.467 e. The van der Waals surface area contributed by atoms with Crippen LogP contribution in [0.1, 0.15) is 19.8 Å². The smallest absolute Gasteiger partial charge is 0.328 e. The number of amides is 1. The molecule has 80 valence electrons. The molecule has 0 aliphatic carbocycles. The number of carbonyl (C=O) groups excluding carboxylic acids is 2. The molecule has 5 heteroatoms. The summed E-state index contributed by atoms with van der Waals surface area (Å²) in [6, 6.07) is -0.725. The molecular weight excluding hydrogens is 184 g/mol. The van der Waals surface area contributed by atoms with Gasteiger partial charge in [0.1, 0.15) is 6.04 Å². The van der Waals surface area contributed by atoms with E-state index < -0.39 is 12.0 Å². The Morgan fingerprint density at radius 2 is 2.29 bits per heavy atom. The molecule has 1 saturated heterocycles. The maximum Gasteiger partial charge on any atom is 0.328 e. The molecular formula is C9H16N2O3. The van der Waals surface area contributed by atoms with Gasteiger partial charge in [0, 0.05) is 0 Å². The lowest BCUT2D eigenvalue weighted by atomic mass is 10.2. The van der Waals surface area contributed by atoms with E-state index in [2.05, 4.69) is 15.4 Å². The molecule has 1 aliphatic rings. The van der Waals surface area contributed by atoms with Gasteiger partial charge in [0.2, 0.25) is 5.91 Å². The number of esters is 1. The van der Waals surface area contributed by atoms with Crippen molar-refractivity contribution in [2.75, 3.05) is 13.7 Å². The van der Waals surface area contributed by atoms with Crippen molar-refractivity contribution in [3.8, 4) is 0 Å². The number of methoxy groups -OCH3 is 1. The van der Waals surface area contributed by atoms with Gasteiger partial charge in [-0.1, -0.05) is 0 Å². The highest BCUT2D eigenvalue weighted by molar-refractivity contribution is 5.87. The van der Waals surface area contributed by atoms with Crippen LogP contribution >= 0.6 is 0 Å². The molecule has 2 N–H and O–H groups in total. The van der Waals surface area contributed by atoms with Gasteiger partial charge in [-0.25, -0.2) is 4.79 Å². The fourth-order valence-electron chi connectivity index (χ4n) is 1.46. The van der Waals surface area contributed by atoms with Crippen LogP contribution in [0.3, 0.4) is 0 Å². The first-order valence-corrected chi connectivity index (χ1v) is 4.76. The third kappa shape index (κ3) is 2.70. The zero-order chi connectivity index (χ0) is 10.6. The van der Waals surface area contributed by atoms with Gasteiger partial charge in [-0.05, 0) is 26.3 Å². The minimum atomic E-state index is -0.574. The first-order valence-electron chi connectivity index (χ1n) is 4.76. The summed E-state index contributed by atoms with van der Waals surface area (Å²) in [5.74, 6) is -0.545. The average molecular weight is 200 g/mol. The lowest BCUT2D eigenvalue weighted by Gasteiger charge is -2.15. The third-order valence-corrected chi connectivity index (χ3v) is 2.29. The Bertz CT molecular complexity index is 224. The van der Waals surface area contributed by atoms with E-state index in [1.54, 1.807) is 6.92 Å². The monoisotopic (exact) mass is 200 g/mol. The molecule has 1 amide bonds. The molecule has 1 aliphatic heterocycles. The van der Waals surface area contributed by atoms with E-state index in [-0.39, 0.29) is 11.9 Å². The van der Waals surface area contributed by atoms with Crippen LogP contribution < -0.4 is 10.6 Å². The van der Waals surface area contributed by atoms with Gasteiger partial charge < -0.3 is 15.4 Å². The van der Waals surface area contributed by atoms with Crippen LogP contribution in [0.4, 0.5) is 0 Å². The highest BCUT2D eigenvalue weighted by Crippen LogP contribution is 2.04. The zero-order valence-corrected chi connectivity index (χ0v) is 8.50. The average Bonchev–Trinajstić information content (AvgIpc) is 2.69. The highest BCUT2D eigenvalue weighted by atomic mass is 16.5. The van der Waals surface area contributed by atoms with Crippen LogP contribution in [0, 0.1) is 0 Å². The highest BCUT2D eigenvalue weighted by Gasteiger charge is 2.25.